The Hall–Kier alpha value is -2.73. The number of hydrogen-bond donors (Lipinski definition) is 2. The average molecular weight is 376 g/mol. The van der Waals surface area contributed by atoms with Gasteiger partial charge in [-0.3, -0.25) is 19.5 Å². The fourth-order valence-electron chi connectivity index (χ4n) is 5.39. The summed E-state index contributed by atoms with van der Waals surface area (Å²) in [5, 5.41) is 6.14. The van der Waals surface area contributed by atoms with Crippen LogP contribution in [0.25, 0.3) is 0 Å². The van der Waals surface area contributed by atoms with Crippen molar-refractivity contribution >= 4 is 17.5 Å². The van der Waals surface area contributed by atoms with E-state index in [9.17, 15) is 9.59 Å². The zero-order chi connectivity index (χ0) is 19.3. The number of amides is 2. The standard InChI is InChI=1S/C22H24N4O2/c1-14-12-23-9-8-15(14)13-24-20(27)18-11-16-5-4-10-26(16)22(18)17-6-2-3-7-19(17)25-21(22)28/h2-3,6-9,12,16,18H,4-5,10-11,13H2,1H3,(H,24,27)(H,25,28)/t16-,18+,22+/m1/s1. The number of fused-ring (bicyclic) bond motifs is 4. The lowest BCUT2D eigenvalue weighted by Crippen LogP contribution is -2.54. The van der Waals surface area contributed by atoms with Crippen molar-refractivity contribution in [1.29, 1.82) is 0 Å². The van der Waals surface area contributed by atoms with E-state index in [0.29, 0.717) is 6.54 Å². The normalized spacial score (nSPS) is 28.2. The third-order valence-electron chi connectivity index (χ3n) is 6.68. The number of nitrogens with one attached hydrogen (secondary N) is 2. The molecule has 3 aliphatic rings. The molecule has 2 amide bonds. The van der Waals surface area contributed by atoms with E-state index in [-0.39, 0.29) is 23.8 Å². The third kappa shape index (κ3) is 2.34. The van der Waals surface area contributed by atoms with Crippen LogP contribution in [-0.2, 0) is 21.7 Å². The quantitative estimate of drug-likeness (QED) is 0.862. The number of nitrogens with zero attached hydrogens (tertiary/aromatic N) is 2. The van der Waals surface area contributed by atoms with Crippen LogP contribution in [0.3, 0.4) is 0 Å². The second kappa shape index (κ2) is 6.41. The number of rotatable bonds is 3. The van der Waals surface area contributed by atoms with Gasteiger partial charge in [0.15, 0.2) is 0 Å². The van der Waals surface area contributed by atoms with Gasteiger partial charge >= 0.3 is 0 Å². The Bertz CT molecular complexity index is 959. The molecule has 0 aliphatic carbocycles. The fraction of sp³-hybridized carbons (Fsp3) is 0.409. The van der Waals surface area contributed by atoms with Crippen molar-refractivity contribution in [2.24, 2.45) is 5.92 Å². The third-order valence-corrected chi connectivity index (χ3v) is 6.68. The molecule has 1 aromatic heterocycles. The van der Waals surface area contributed by atoms with Crippen LogP contribution in [0.15, 0.2) is 42.7 Å². The second-order valence-electron chi connectivity index (χ2n) is 8.06. The summed E-state index contributed by atoms with van der Waals surface area (Å²) in [6, 6.07) is 10.0. The number of benzene rings is 1. The summed E-state index contributed by atoms with van der Waals surface area (Å²) in [5.41, 5.74) is 3.00. The van der Waals surface area contributed by atoms with Crippen molar-refractivity contribution in [3.8, 4) is 0 Å². The van der Waals surface area contributed by atoms with Crippen molar-refractivity contribution in [2.45, 2.75) is 44.3 Å². The van der Waals surface area contributed by atoms with Crippen LogP contribution >= 0.6 is 0 Å². The highest BCUT2D eigenvalue weighted by atomic mass is 16.2. The number of pyridine rings is 1. The first kappa shape index (κ1) is 17.4. The Kier molecular flexibility index (Phi) is 3.98. The fourth-order valence-corrected chi connectivity index (χ4v) is 5.39. The van der Waals surface area contributed by atoms with E-state index in [0.717, 1.165) is 48.2 Å². The van der Waals surface area contributed by atoms with Crippen LogP contribution in [0.1, 0.15) is 36.0 Å². The molecule has 2 aromatic rings. The van der Waals surface area contributed by atoms with Gasteiger partial charge in [0, 0.05) is 36.2 Å². The maximum absolute atomic E-state index is 13.3. The first-order chi connectivity index (χ1) is 13.6. The molecule has 1 aromatic carbocycles. The molecule has 2 fully saturated rings. The molecule has 6 nitrogen and oxygen atoms in total. The molecule has 3 atom stereocenters. The van der Waals surface area contributed by atoms with Crippen molar-refractivity contribution in [1.82, 2.24) is 15.2 Å². The molecule has 144 valence electrons. The number of anilines is 1. The van der Waals surface area contributed by atoms with Gasteiger partial charge in [-0.25, -0.2) is 0 Å². The average Bonchev–Trinajstić information content (AvgIpc) is 3.35. The van der Waals surface area contributed by atoms with Crippen molar-refractivity contribution in [3.63, 3.8) is 0 Å². The Labute approximate surface area is 164 Å². The molecule has 4 heterocycles. The highest BCUT2D eigenvalue weighted by molar-refractivity contribution is 6.09. The highest BCUT2D eigenvalue weighted by Crippen LogP contribution is 2.55. The van der Waals surface area contributed by atoms with E-state index in [1.54, 1.807) is 12.4 Å². The van der Waals surface area contributed by atoms with Gasteiger partial charge in [0.25, 0.3) is 0 Å². The molecular formula is C22H24N4O2. The van der Waals surface area contributed by atoms with E-state index >= 15 is 0 Å². The number of aromatic nitrogens is 1. The van der Waals surface area contributed by atoms with E-state index in [1.165, 1.54) is 0 Å². The predicted molar refractivity (Wildman–Crippen MR) is 105 cm³/mol. The minimum Gasteiger partial charge on any atom is -0.352 e. The van der Waals surface area contributed by atoms with Crippen LogP contribution in [0, 0.1) is 12.8 Å². The van der Waals surface area contributed by atoms with Gasteiger partial charge in [0.2, 0.25) is 11.8 Å². The summed E-state index contributed by atoms with van der Waals surface area (Å²) in [6.45, 7) is 3.30. The zero-order valence-electron chi connectivity index (χ0n) is 15.9. The Balaban J connectivity index is 1.49. The van der Waals surface area contributed by atoms with Crippen LogP contribution < -0.4 is 10.6 Å². The lowest BCUT2D eigenvalue weighted by Gasteiger charge is -2.36. The Morgan fingerprint density at radius 1 is 1.36 bits per heavy atom. The Morgan fingerprint density at radius 2 is 2.21 bits per heavy atom. The van der Waals surface area contributed by atoms with E-state index in [4.69, 9.17) is 0 Å². The molecule has 6 heteroatoms. The summed E-state index contributed by atoms with van der Waals surface area (Å²) in [5.74, 6) is -0.487. The minimum absolute atomic E-state index is 0.0440. The predicted octanol–water partition coefficient (Wildman–Crippen LogP) is 2.34. The number of para-hydroxylation sites is 1. The molecule has 2 N–H and O–H groups in total. The largest absolute Gasteiger partial charge is 0.352 e. The first-order valence-corrected chi connectivity index (χ1v) is 9.97. The number of hydrogen-bond acceptors (Lipinski definition) is 4. The number of carbonyl (C=O) groups is 2. The molecule has 0 unspecified atom stereocenters. The molecule has 0 bridgehead atoms. The van der Waals surface area contributed by atoms with Crippen molar-refractivity contribution < 1.29 is 9.59 Å². The molecule has 1 spiro atoms. The van der Waals surface area contributed by atoms with Gasteiger partial charge in [-0.2, -0.15) is 0 Å². The van der Waals surface area contributed by atoms with Gasteiger partial charge in [0.1, 0.15) is 5.54 Å². The SMILES string of the molecule is Cc1cnccc1CNC(=O)[C@@H]1C[C@H]2CCCN2[C@]12C(=O)Nc1ccccc12. The summed E-state index contributed by atoms with van der Waals surface area (Å²) in [6.07, 6.45) is 6.39. The van der Waals surface area contributed by atoms with Crippen LogP contribution in [0.4, 0.5) is 5.69 Å². The zero-order valence-corrected chi connectivity index (χ0v) is 15.9. The van der Waals surface area contributed by atoms with Gasteiger partial charge in [-0.05, 0) is 56.0 Å². The molecule has 28 heavy (non-hydrogen) atoms. The maximum Gasteiger partial charge on any atom is 0.250 e. The van der Waals surface area contributed by atoms with Gasteiger partial charge in [0.05, 0.1) is 5.92 Å². The molecule has 5 rings (SSSR count). The van der Waals surface area contributed by atoms with Gasteiger partial charge < -0.3 is 10.6 Å². The highest BCUT2D eigenvalue weighted by Gasteiger charge is 2.65. The summed E-state index contributed by atoms with van der Waals surface area (Å²) in [7, 11) is 0. The van der Waals surface area contributed by atoms with E-state index in [1.807, 2.05) is 37.3 Å². The molecule has 2 saturated heterocycles. The summed E-state index contributed by atoms with van der Waals surface area (Å²) < 4.78 is 0. The minimum atomic E-state index is -0.880. The van der Waals surface area contributed by atoms with Crippen LogP contribution in [0.2, 0.25) is 0 Å². The second-order valence-corrected chi connectivity index (χ2v) is 8.06. The van der Waals surface area contributed by atoms with Crippen LogP contribution in [-0.4, -0.2) is 34.3 Å². The number of aryl methyl sites for hydroxylation is 1. The molecular weight excluding hydrogens is 352 g/mol. The topological polar surface area (TPSA) is 74.3 Å². The van der Waals surface area contributed by atoms with Crippen molar-refractivity contribution in [3.05, 3.63) is 59.4 Å². The Morgan fingerprint density at radius 3 is 3.07 bits per heavy atom. The summed E-state index contributed by atoms with van der Waals surface area (Å²) >= 11 is 0. The summed E-state index contributed by atoms with van der Waals surface area (Å²) in [4.78, 5) is 33.0. The van der Waals surface area contributed by atoms with E-state index in [2.05, 4.69) is 20.5 Å². The van der Waals surface area contributed by atoms with Crippen molar-refractivity contribution in [2.75, 3.05) is 11.9 Å². The lowest BCUT2D eigenvalue weighted by atomic mass is 9.78. The van der Waals surface area contributed by atoms with Gasteiger partial charge in [-0.1, -0.05) is 18.2 Å². The van der Waals surface area contributed by atoms with Gasteiger partial charge in [-0.15, -0.1) is 0 Å². The number of carbonyl (C=O) groups excluding carboxylic acids is 2. The molecule has 0 radical (unpaired) electrons. The first-order valence-electron chi connectivity index (χ1n) is 9.97. The maximum atomic E-state index is 13.3. The van der Waals surface area contributed by atoms with Crippen LogP contribution in [0.5, 0.6) is 0 Å². The van der Waals surface area contributed by atoms with E-state index < -0.39 is 5.54 Å². The monoisotopic (exact) mass is 376 g/mol. The molecule has 3 aliphatic heterocycles. The molecule has 0 saturated carbocycles. The smallest absolute Gasteiger partial charge is 0.250 e. The lowest BCUT2D eigenvalue weighted by molar-refractivity contribution is -0.137.